The zero-order valence-corrected chi connectivity index (χ0v) is 19.9. The third kappa shape index (κ3) is 5.44. The molecule has 7 nitrogen and oxygen atoms in total. The maximum atomic E-state index is 13.4. The van der Waals surface area contributed by atoms with Crippen LogP contribution in [0.3, 0.4) is 0 Å². The largest absolute Gasteiger partial charge is 0.493 e. The van der Waals surface area contributed by atoms with E-state index >= 15 is 0 Å². The van der Waals surface area contributed by atoms with Crippen LogP contribution in [0.15, 0.2) is 36.5 Å². The molecule has 1 unspecified atom stereocenters. The molecule has 1 aliphatic carbocycles. The van der Waals surface area contributed by atoms with Gasteiger partial charge in [0.15, 0.2) is 0 Å². The summed E-state index contributed by atoms with van der Waals surface area (Å²) < 4.78 is 7.57. The van der Waals surface area contributed by atoms with E-state index in [-0.39, 0.29) is 17.5 Å². The third-order valence-electron chi connectivity index (χ3n) is 6.66. The summed E-state index contributed by atoms with van der Waals surface area (Å²) >= 11 is 0. The summed E-state index contributed by atoms with van der Waals surface area (Å²) in [4.78, 5) is 17.9. The maximum Gasteiger partial charge on any atom is 0.318 e. The van der Waals surface area contributed by atoms with Gasteiger partial charge in [0.05, 0.1) is 18.8 Å². The zero-order chi connectivity index (χ0) is 22.7. The monoisotopic (exact) mass is 439 g/mol. The molecule has 2 amide bonds. The van der Waals surface area contributed by atoms with Gasteiger partial charge in [-0.15, -0.1) is 0 Å². The van der Waals surface area contributed by atoms with Crippen LogP contribution >= 0.6 is 0 Å². The third-order valence-corrected chi connectivity index (χ3v) is 6.66. The van der Waals surface area contributed by atoms with Crippen molar-refractivity contribution in [2.24, 2.45) is 18.4 Å². The van der Waals surface area contributed by atoms with Gasteiger partial charge in [-0.3, -0.25) is 4.68 Å². The van der Waals surface area contributed by atoms with Crippen LogP contribution in [-0.4, -0.2) is 58.4 Å². The van der Waals surface area contributed by atoms with Gasteiger partial charge < -0.3 is 19.9 Å². The Morgan fingerprint density at radius 2 is 2.00 bits per heavy atom. The van der Waals surface area contributed by atoms with Gasteiger partial charge in [0.2, 0.25) is 0 Å². The Labute approximate surface area is 191 Å². The summed E-state index contributed by atoms with van der Waals surface area (Å²) in [5.41, 5.74) is 2.25. The average molecular weight is 440 g/mol. The number of aromatic nitrogens is 2. The number of likely N-dealkylation sites (tertiary alicyclic amines) is 1. The number of carbonyl (C=O) groups is 1. The van der Waals surface area contributed by atoms with E-state index in [0.29, 0.717) is 25.6 Å². The number of urea groups is 1. The highest BCUT2D eigenvalue weighted by Crippen LogP contribution is 2.54. The number of amides is 2. The minimum absolute atomic E-state index is 0.00313. The lowest BCUT2D eigenvalue weighted by molar-refractivity contribution is 0.0669. The number of benzene rings is 1. The Morgan fingerprint density at radius 1 is 1.25 bits per heavy atom. The van der Waals surface area contributed by atoms with E-state index in [4.69, 9.17) is 4.74 Å². The number of carbonyl (C=O) groups excluding carboxylic acids is 1. The van der Waals surface area contributed by atoms with Gasteiger partial charge in [-0.2, -0.15) is 5.10 Å². The summed E-state index contributed by atoms with van der Waals surface area (Å²) in [5.74, 6) is 1.36. The molecule has 1 aliphatic heterocycles. The van der Waals surface area contributed by atoms with Crippen molar-refractivity contribution in [3.05, 3.63) is 47.8 Å². The molecule has 1 N–H and O–H groups in total. The first kappa shape index (κ1) is 22.6. The number of aryl methyl sites for hydroxylation is 1. The molecule has 1 spiro atoms. The van der Waals surface area contributed by atoms with Gasteiger partial charge >= 0.3 is 6.03 Å². The highest BCUT2D eigenvalue weighted by molar-refractivity contribution is 5.74. The van der Waals surface area contributed by atoms with Crippen molar-refractivity contribution in [1.82, 2.24) is 24.9 Å². The molecule has 2 fully saturated rings. The van der Waals surface area contributed by atoms with E-state index in [1.165, 1.54) is 12.8 Å². The molecule has 1 saturated carbocycles. The van der Waals surface area contributed by atoms with Crippen molar-refractivity contribution in [3.63, 3.8) is 0 Å². The number of piperidine rings is 1. The van der Waals surface area contributed by atoms with Gasteiger partial charge in [-0.05, 0) is 62.5 Å². The lowest BCUT2D eigenvalue weighted by Crippen LogP contribution is -2.55. The Balaban J connectivity index is 1.42. The summed E-state index contributed by atoms with van der Waals surface area (Å²) in [6.07, 6.45) is 5.35. The van der Waals surface area contributed by atoms with E-state index in [0.717, 1.165) is 36.5 Å². The smallest absolute Gasteiger partial charge is 0.318 e. The molecule has 7 heteroatoms. The quantitative estimate of drug-likeness (QED) is 0.682. The fraction of sp³-hybridized carbons (Fsp3) is 0.600. The van der Waals surface area contributed by atoms with Crippen LogP contribution in [0.2, 0.25) is 0 Å². The second kappa shape index (κ2) is 9.53. The lowest BCUT2D eigenvalue weighted by Gasteiger charge is -2.43. The highest BCUT2D eigenvalue weighted by Gasteiger charge is 2.54. The normalized spacial score (nSPS) is 19.8. The van der Waals surface area contributed by atoms with E-state index in [1.807, 2.05) is 48.5 Å². The van der Waals surface area contributed by atoms with Crippen molar-refractivity contribution in [2.75, 3.05) is 26.7 Å². The van der Waals surface area contributed by atoms with E-state index in [2.05, 4.69) is 36.2 Å². The van der Waals surface area contributed by atoms with Crippen LogP contribution in [0.4, 0.5) is 4.79 Å². The number of nitrogens with zero attached hydrogens (tertiary/aromatic N) is 4. The Bertz CT molecular complexity index is 903. The molecule has 4 rings (SSSR count). The molecule has 0 bridgehead atoms. The van der Waals surface area contributed by atoms with E-state index in [9.17, 15) is 4.79 Å². The van der Waals surface area contributed by atoms with Crippen molar-refractivity contribution >= 4 is 6.03 Å². The lowest BCUT2D eigenvalue weighted by atomic mass is 9.88. The second-order valence-corrected chi connectivity index (χ2v) is 10.0. The van der Waals surface area contributed by atoms with Crippen LogP contribution in [0.25, 0.3) is 0 Å². The molecular formula is C25H37N5O2. The summed E-state index contributed by atoms with van der Waals surface area (Å²) in [6.45, 7) is 8.12. The zero-order valence-electron chi connectivity index (χ0n) is 19.9. The molecule has 174 valence electrons. The number of rotatable bonds is 8. The molecular weight excluding hydrogens is 402 g/mol. The number of nitrogens with one attached hydrogen (secondary N) is 1. The molecule has 2 heterocycles. The van der Waals surface area contributed by atoms with Crippen molar-refractivity contribution in [2.45, 2.75) is 52.2 Å². The predicted octanol–water partition coefficient (Wildman–Crippen LogP) is 3.65. The minimum Gasteiger partial charge on any atom is -0.493 e. The van der Waals surface area contributed by atoms with Gasteiger partial charge in [-0.1, -0.05) is 26.0 Å². The second-order valence-electron chi connectivity index (χ2n) is 10.0. The number of hydrogen-bond donors (Lipinski definition) is 1. The van der Waals surface area contributed by atoms with Gasteiger partial charge in [-0.25, -0.2) is 4.79 Å². The SMILES string of the molecule is CC(C)COc1ccc(CNC(=O)N(Cc2ccn(C)n2)C2CCN(C)CC23CC3)cc1. The first-order valence-electron chi connectivity index (χ1n) is 11.8. The molecule has 32 heavy (non-hydrogen) atoms. The van der Waals surface area contributed by atoms with E-state index in [1.54, 1.807) is 4.68 Å². The van der Waals surface area contributed by atoms with Crippen molar-refractivity contribution in [1.29, 1.82) is 0 Å². The Kier molecular flexibility index (Phi) is 6.74. The van der Waals surface area contributed by atoms with Crippen LogP contribution in [0, 0.1) is 11.3 Å². The summed E-state index contributed by atoms with van der Waals surface area (Å²) in [7, 11) is 4.11. The maximum absolute atomic E-state index is 13.4. The van der Waals surface area contributed by atoms with E-state index < -0.39 is 0 Å². The summed E-state index contributed by atoms with van der Waals surface area (Å²) in [5, 5.41) is 7.71. The van der Waals surface area contributed by atoms with Crippen molar-refractivity contribution < 1.29 is 9.53 Å². The molecule has 2 aliphatic rings. The molecule has 1 aromatic heterocycles. The molecule has 2 aromatic rings. The highest BCUT2D eigenvalue weighted by atomic mass is 16.5. The average Bonchev–Trinajstić information content (AvgIpc) is 3.39. The molecule has 1 atom stereocenters. The Hall–Kier alpha value is -2.54. The van der Waals surface area contributed by atoms with Gasteiger partial charge in [0.25, 0.3) is 0 Å². The first-order valence-corrected chi connectivity index (χ1v) is 11.8. The molecule has 1 saturated heterocycles. The summed E-state index contributed by atoms with van der Waals surface area (Å²) in [6, 6.07) is 10.3. The predicted molar refractivity (Wildman–Crippen MR) is 125 cm³/mol. The molecule has 1 aromatic carbocycles. The topological polar surface area (TPSA) is 62.6 Å². The standard InChI is InChI=1S/C25H37N5O2/c1-19(2)17-32-22-7-5-20(6-8-22)15-26-24(31)30(16-21-9-14-29(4)27-21)23-10-13-28(3)18-25(23)11-12-25/h5-9,14,19,23H,10-13,15-18H2,1-4H3,(H,26,31). The number of ether oxygens (including phenoxy) is 1. The Morgan fingerprint density at radius 3 is 2.62 bits per heavy atom. The molecule has 0 radical (unpaired) electrons. The van der Waals surface area contributed by atoms with Crippen LogP contribution in [0.1, 0.15) is 44.4 Å². The van der Waals surface area contributed by atoms with Gasteiger partial charge in [0.1, 0.15) is 5.75 Å². The fourth-order valence-corrected chi connectivity index (χ4v) is 4.80. The minimum atomic E-state index is -0.00313. The van der Waals surface area contributed by atoms with Crippen LogP contribution in [0.5, 0.6) is 5.75 Å². The fourth-order valence-electron chi connectivity index (χ4n) is 4.80. The first-order chi connectivity index (χ1) is 15.3. The van der Waals surface area contributed by atoms with Crippen LogP contribution < -0.4 is 10.1 Å². The van der Waals surface area contributed by atoms with Gasteiger partial charge in [0, 0.05) is 37.8 Å². The van der Waals surface area contributed by atoms with Crippen LogP contribution in [-0.2, 0) is 20.1 Å². The number of hydrogen-bond acceptors (Lipinski definition) is 4. The van der Waals surface area contributed by atoms with Crippen molar-refractivity contribution in [3.8, 4) is 5.75 Å².